The molecule has 0 saturated heterocycles. The summed E-state index contributed by atoms with van der Waals surface area (Å²) in [7, 11) is -3.68. The second-order valence-corrected chi connectivity index (χ2v) is 5.80. The summed E-state index contributed by atoms with van der Waals surface area (Å²) in [5.74, 6) is -0.322. The van der Waals surface area contributed by atoms with E-state index in [1.165, 1.54) is 18.2 Å². The fourth-order valence-electron chi connectivity index (χ4n) is 1.47. The van der Waals surface area contributed by atoms with Gasteiger partial charge in [-0.1, -0.05) is 18.2 Å². The zero-order valence-electron chi connectivity index (χ0n) is 9.94. The predicted molar refractivity (Wildman–Crippen MR) is 63.8 cm³/mol. The van der Waals surface area contributed by atoms with Gasteiger partial charge in [0.15, 0.2) is 0 Å². The van der Waals surface area contributed by atoms with Gasteiger partial charge in [-0.05, 0) is 18.1 Å². The van der Waals surface area contributed by atoms with Crippen molar-refractivity contribution in [3.8, 4) is 0 Å². The van der Waals surface area contributed by atoms with Gasteiger partial charge in [-0.15, -0.1) is 0 Å². The van der Waals surface area contributed by atoms with E-state index >= 15 is 0 Å². The Labute approximate surface area is 109 Å². The van der Waals surface area contributed by atoms with Crippen LogP contribution >= 0.6 is 0 Å². The molecule has 8 heteroatoms. The molecule has 0 heterocycles. The molecule has 0 amide bonds. The van der Waals surface area contributed by atoms with Crippen molar-refractivity contribution in [2.75, 3.05) is 12.4 Å². The predicted octanol–water partition coefficient (Wildman–Crippen LogP) is 1.51. The molecule has 4 nitrogen and oxygen atoms in total. The van der Waals surface area contributed by atoms with Crippen LogP contribution < -0.4 is 4.72 Å². The summed E-state index contributed by atoms with van der Waals surface area (Å²) < 4.78 is 62.9. The Balaban J connectivity index is 2.79. The number of aliphatic hydroxyl groups is 1. The summed E-state index contributed by atoms with van der Waals surface area (Å²) in [5.41, 5.74) is -0.998. The number of halogens is 3. The van der Waals surface area contributed by atoms with Crippen LogP contribution in [0.25, 0.3) is 0 Å². The van der Waals surface area contributed by atoms with Crippen LogP contribution in [0.4, 0.5) is 13.2 Å². The molecule has 108 valence electrons. The molecule has 1 aromatic carbocycles. The summed E-state index contributed by atoms with van der Waals surface area (Å²) >= 11 is 0. The van der Waals surface area contributed by atoms with Crippen molar-refractivity contribution in [3.05, 3.63) is 35.4 Å². The largest absolute Gasteiger partial charge is 0.416 e. The average molecular weight is 297 g/mol. The minimum absolute atomic E-state index is 0.0379. The van der Waals surface area contributed by atoms with Crippen LogP contribution in [0.1, 0.15) is 17.5 Å². The third kappa shape index (κ3) is 5.17. The summed E-state index contributed by atoms with van der Waals surface area (Å²) in [6, 6.07) is 4.77. The molecule has 2 N–H and O–H groups in total. The SMILES string of the molecule is O=S(=O)(CCCO)NCc1ccccc1C(F)(F)F. The second kappa shape index (κ2) is 6.36. The number of nitrogens with one attached hydrogen (secondary N) is 1. The van der Waals surface area contributed by atoms with Gasteiger partial charge in [-0.3, -0.25) is 0 Å². The third-order valence-electron chi connectivity index (χ3n) is 2.38. The minimum atomic E-state index is -4.52. The van der Waals surface area contributed by atoms with Crippen LogP contribution in [0.5, 0.6) is 0 Å². The van der Waals surface area contributed by atoms with Crippen molar-refractivity contribution in [2.24, 2.45) is 0 Å². The number of alkyl halides is 3. The molecule has 0 aromatic heterocycles. The quantitative estimate of drug-likeness (QED) is 0.836. The van der Waals surface area contributed by atoms with E-state index in [-0.39, 0.29) is 24.3 Å². The van der Waals surface area contributed by atoms with Gasteiger partial charge in [-0.2, -0.15) is 13.2 Å². The molecule has 0 aliphatic carbocycles. The van der Waals surface area contributed by atoms with E-state index in [1.807, 2.05) is 0 Å². The summed E-state index contributed by atoms with van der Waals surface area (Å²) in [6.45, 7) is -0.719. The van der Waals surface area contributed by atoms with E-state index in [1.54, 1.807) is 0 Å². The van der Waals surface area contributed by atoms with Crippen molar-refractivity contribution in [2.45, 2.75) is 19.1 Å². The van der Waals surface area contributed by atoms with Gasteiger partial charge in [0.2, 0.25) is 10.0 Å². The Morgan fingerprint density at radius 2 is 1.84 bits per heavy atom. The molecule has 0 bridgehead atoms. The molecule has 0 unspecified atom stereocenters. The molecule has 1 aromatic rings. The molecule has 0 radical (unpaired) electrons. The molecular weight excluding hydrogens is 283 g/mol. The molecule has 0 aliphatic rings. The first-order valence-electron chi connectivity index (χ1n) is 5.49. The first kappa shape index (κ1) is 15.9. The number of benzene rings is 1. The van der Waals surface area contributed by atoms with Crippen molar-refractivity contribution in [3.63, 3.8) is 0 Å². The lowest BCUT2D eigenvalue weighted by Gasteiger charge is -2.13. The summed E-state index contributed by atoms with van der Waals surface area (Å²) in [6.07, 6.45) is -4.48. The van der Waals surface area contributed by atoms with E-state index in [0.717, 1.165) is 6.07 Å². The monoisotopic (exact) mass is 297 g/mol. The van der Waals surface area contributed by atoms with E-state index in [4.69, 9.17) is 5.11 Å². The Morgan fingerprint density at radius 1 is 1.21 bits per heavy atom. The van der Waals surface area contributed by atoms with Gasteiger partial charge in [0.1, 0.15) is 0 Å². The number of hydrogen-bond acceptors (Lipinski definition) is 3. The lowest BCUT2D eigenvalue weighted by Crippen LogP contribution is -2.27. The molecule has 0 aliphatic heterocycles. The van der Waals surface area contributed by atoms with E-state index in [2.05, 4.69) is 4.72 Å². The summed E-state index contributed by atoms with van der Waals surface area (Å²) in [4.78, 5) is 0. The topological polar surface area (TPSA) is 66.4 Å². The van der Waals surface area contributed by atoms with Gasteiger partial charge in [0, 0.05) is 13.2 Å². The number of sulfonamides is 1. The highest BCUT2D eigenvalue weighted by Gasteiger charge is 2.32. The zero-order chi connectivity index (χ0) is 14.5. The molecule has 0 fully saturated rings. The van der Waals surface area contributed by atoms with E-state index in [9.17, 15) is 21.6 Å². The van der Waals surface area contributed by atoms with Crippen LogP contribution in [0.3, 0.4) is 0 Å². The molecule has 19 heavy (non-hydrogen) atoms. The van der Waals surface area contributed by atoms with Crippen molar-refractivity contribution < 1.29 is 26.7 Å². The normalized spacial score (nSPS) is 12.6. The molecule has 0 spiro atoms. The van der Waals surface area contributed by atoms with Gasteiger partial charge in [0.05, 0.1) is 11.3 Å². The maximum atomic E-state index is 12.7. The fourth-order valence-corrected chi connectivity index (χ4v) is 2.49. The molecule has 1 rings (SSSR count). The van der Waals surface area contributed by atoms with Crippen LogP contribution in [-0.2, 0) is 22.7 Å². The van der Waals surface area contributed by atoms with E-state index in [0.29, 0.717) is 0 Å². The van der Waals surface area contributed by atoms with Gasteiger partial charge in [0.25, 0.3) is 0 Å². The van der Waals surface area contributed by atoms with Gasteiger partial charge >= 0.3 is 6.18 Å². The highest BCUT2D eigenvalue weighted by atomic mass is 32.2. The third-order valence-corrected chi connectivity index (χ3v) is 3.79. The lowest BCUT2D eigenvalue weighted by molar-refractivity contribution is -0.138. The van der Waals surface area contributed by atoms with E-state index < -0.39 is 28.3 Å². The molecule has 0 saturated carbocycles. The Bertz CT molecular complexity index is 514. The molecular formula is C11H14F3NO3S. The Hall–Kier alpha value is -1.12. The Kier molecular flexibility index (Phi) is 5.33. The van der Waals surface area contributed by atoms with Crippen molar-refractivity contribution >= 4 is 10.0 Å². The van der Waals surface area contributed by atoms with Crippen LogP contribution in [-0.4, -0.2) is 25.9 Å². The number of rotatable bonds is 6. The van der Waals surface area contributed by atoms with Gasteiger partial charge < -0.3 is 5.11 Å². The van der Waals surface area contributed by atoms with Crippen molar-refractivity contribution in [1.29, 1.82) is 0 Å². The lowest BCUT2D eigenvalue weighted by atomic mass is 10.1. The highest BCUT2D eigenvalue weighted by Crippen LogP contribution is 2.31. The van der Waals surface area contributed by atoms with Crippen LogP contribution in [0, 0.1) is 0 Å². The zero-order valence-corrected chi connectivity index (χ0v) is 10.8. The maximum Gasteiger partial charge on any atom is 0.416 e. The van der Waals surface area contributed by atoms with Gasteiger partial charge in [-0.25, -0.2) is 13.1 Å². The fraction of sp³-hybridized carbons (Fsp3) is 0.455. The Morgan fingerprint density at radius 3 is 2.42 bits per heavy atom. The van der Waals surface area contributed by atoms with Crippen molar-refractivity contribution in [1.82, 2.24) is 4.72 Å². The average Bonchev–Trinajstić information content (AvgIpc) is 2.33. The minimum Gasteiger partial charge on any atom is -0.396 e. The highest BCUT2D eigenvalue weighted by molar-refractivity contribution is 7.89. The summed E-state index contributed by atoms with van der Waals surface area (Å²) in [5, 5.41) is 8.52. The first-order chi connectivity index (χ1) is 8.76. The first-order valence-corrected chi connectivity index (χ1v) is 7.15. The standard InChI is InChI=1S/C11H14F3NO3S/c12-11(13,14)10-5-2-1-4-9(10)8-15-19(17,18)7-3-6-16/h1-2,4-5,15-16H,3,6-8H2. The smallest absolute Gasteiger partial charge is 0.396 e. The number of aliphatic hydroxyl groups excluding tert-OH is 1. The van der Waals surface area contributed by atoms with Crippen LogP contribution in [0.2, 0.25) is 0 Å². The number of hydrogen-bond donors (Lipinski definition) is 2. The maximum absolute atomic E-state index is 12.7. The second-order valence-electron chi connectivity index (χ2n) is 3.87. The molecule has 0 atom stereocenters. The van der Waals surface area contributed by atoms with Crippen LogP contribution in [0.15, 0.2) is 24.3 Å².